The van der Waals surface area contributed by atoms with E-state index in [9.17, 15) is 5.53 Å². The molecule has 0 N–H and O–H groups in total. The summed E-state index contributed by atoms with van der Waals surface area (Å²) in [7, 11) is 0. The number of hydrogen-bond donors (Lipinski definition) is 0. The van der Waals surface area contributed by atoms with Gasteiger partial charge in [-0.1, -0.05) is 303 Å². The van der Waals surface area contributed by atoms with Crippen molar-refractivity contribution in [3.8, 4) is 0 Å². The molecular weight excluding hydrogens is 1180 g/mol. The minimum absolute atomic E-state index is 1.04. The fraction of sp³-hybridized carbons (Fsp3) is 0.824. The molecule has 0 amide bonds. The first-order chi connectivity index (χ1) is 46.6. The van der Waals surface area contributed by atoms with Crippen LogP contribution < -0.4 is 0 Å². The van der Waals surface area contributed by atoms with Crippen molar-refractivity contribution in [2.75, 3.05) is 0 Å². The van der Waals surface area contributed by atoms with Gasteiger partial charge in [0.2, 0.25) is 11.4 Å². The number of allylic oxidation sites excluding steroid dienone is 2. The third-order valence-corrected chi connectivity index (χ3v) is 22.3. The molecule has 0 unspecified atom stereocenters. The van der Waals surface area contributed by atoms with E-state index in [-0.39, 0.29) is 0 Å². The van der Waals surface area contributed by atoms with E-state index >= 15 is 0 Å². The molecule has 0 radical (unpaired) electrons. The second kappa shape index (κ2) is 69.5. The van der Waals surface area contributed by atoms with Crippen molar-refractivity contribution < 1.29 is 19.1 Å². The van der Waals surface area contributed by atoms with Crippen LogP contribution in [-0.4, -0.2) is 4.70 Å². The minimum atomic E-state index is 1.04. The molecule has 0 aromatic heterocycles. The second-order valence-electron chi connectivity index (χ2n) is 30.0. The van der Waals surface area contributed by atoms with Crippen molar-refractivity contribution >= 4 is 11.4 Å². The smallest absolute Gasteiger partial charge is 0.0654 e. The SMILES string of the molecule is CCCCCCCCCCCCCCCCCCCCCCCCCC1=C(c2cccc(CCCCCC)c2)[N+](=[N-])C(c2cccc(CCCCCCCC)c2)=C1CCCCCC.CCCCCCCCCCCCCC[CH2][Ni][CH2]CCCCCCCCCCCCCC. The quantitative estimate of drug-likeness (QED) is 0.0358. The van der Waals surface area contributed by atoms with Crippen LogP contribution in [0.2, 0.25) is 10.8 Å². The van der Waals surface area contributed by atoms with Crippen molar-refractivity contribution in [1.29, 1.82) is 0 Å². The van der Waals surface area contributed by atoms with Gasteiger partial charge in [0.15, 0.2) is 0 Å². The number of nitrogens with zero attached hydrogens (tertiary/aromatic N) is 2. The molecule has 3 heteroatoms. The molecule has 0 atom stereocenters. The van der Waals surface area contributed by atoms with Crippen molar-refractivity contribution in [3.63, 3.8) is 0 Å². The van der Waals surface area contributed by atoms with Crippen LogP contribution in [0.1, 0.15) is 481 Å². The molecule has 0 bridgehead atoms. The Balaban J connectivity index is 0.000000815. The molecule has 1 aliphatic rings. The molecule has 0 saturated carbocycles. The summed E-state index contributed by atoms with van der Waals surface area (Å²) in [6, 6.07) is 18.4. The van der Waals surface area contributed by atoms with E-state index < -0.39 is 0 Å². The summed E-state index contributed by atoms with van der Waals surface area (Å²) >= 11 is 2.04. The molecule has 1 heterocycles. The normalized spacial score (nSPS) is 12.6. The number of aryl methyl sites for hydroxylation is 2. The second-order valence-corrected chi connectivity index (χ2v) is 31.5. The van der Waals surface area contributed by atoms with Crippen molar-refractivity contribution in [1.82, 2.24) is 0 Å². The van der Waals surface area contributed by atoms with Gasteiger partial charge in [-0.15, -0.1) is 0 Å². The number of benzene rings is 2. The number of hydrogen-bond acceptors (Lipinski definition) is 0. The van der Waals surface area contributed by atoms with Crippen LogP contribution in [-0.2, 0) is 27.3 Å². The standard InChI is InChI=1S/C61H102N2.2C15H31.Ni/c1-5-9-13-17-19-20-21-22-23-24-25-26-27-28-29-30-31-32-33-34-35-37-41-51-59-58(50-40-16-12-8-4)60(57-49-43-47-55(53-57)45-39-36-18-14-10-6-2)63(62)61(59)56-48-42-46-54(52-56)44-38-15-11-7-3;2*1-3-5-7-9-11-13-15-14-12-10-8-6-4-2;/h42-43,46-49,52-53H,5-41,44-45,50-51H2,1-4H3;2*1,3-15H2,2H3;. The molecule has 2 nitrogen and oxygen atoms in total. The fourth-order valence-electron chi connectivity index (χ4n) is 14.6. The Hall–Kier alpha value is -1.99. The van der Waals surface area contributed by atoms with E-state index in [2.05, 4.69) is 90.1 Å². The zero-order chi connectivity index (χ0) is 67.4. The van der Waals surface area contributed by atoms with Gasteiger partial charge in [-0.3, -0.25) is 0 Å². The molecule has 94 heavy (non-hydrogen) atoms. The Morgan fingerprint density at radius 3 is 0.660 bits per heavy atom. The zero-order valence-corrected chi connectivity index (χ0v) is 65.6. The van der Waals surface area contributed by atoms with Gasteiger partial charge in [0.25, 0.3) is 0 Å². The third kappa shape index (κ3) is 50.4. The average molecular weight is 1350 g/mol. The Labute approximate surface area is 596 Å². The third-order valence-electron chi connectivity index (χ3n) is 20.9. The molecule has 548 valence electrons. The predicted molar refractivity (Wildman–Crippen MR) is 422 cm³/mol. The molecule has 0 aliphatic carbocycles. The summed E-state index contributed by atoms with van der Waals surface area (Å²) in [5.74, 6) is 0. The molecule has 0 spiro atoms. The van der Waals surface area contributed by atoms with E-state index in [0.29, 0.717) is 0 Å². The van der Waals surface area contributed by atoms with Crippen molar-refractivity contribution in [3.05, 3.63) is 87.5 Å². The summed E-state index contributed by atoms with van der Waals surface area (Å²) in [6.07, 6.45) is 93.2. The first kappa shape index (κ1) is 88.1. The first-order valence-corrected chi connectivity index (χ1v) is 44.5. The summed E-state index contributed by atoms with van der Waals surface area (Å²) < 4.78 is 1.64. The Morgan fingerprint density at radius 1 is 0.234 bits per heavy atom. The van der Waals surface area contributed by atoms with Crippen LogP contribution in [0.15, 0.2) is 59.7 Å². The van der Waals surface area contributed by atoms with Crippen LogP contribution in [0.3, 0.4) is 0 Å². The molecule has 1 aliphatic heterocycles. The molecule has 2 aromatic rings. The summed E-state index contributed by atoms with van der Waals surface area (Å²) in [5.41, 5.74) is 22.6. The van der Waals surface area contributed by atoms with Crippen LogP contribution in [0.25, 0.3) is 16.9 Å². The molecule has 0 saturated heterocycles. The van der Waals surface area contributed by atoms with Gasteiger partial charge in [0.05, 0.1) is 0 Å². The predicted octanol–water partition coefficient (Wildman–Crippen LogP) is 33.3. The fourth-order valence-corrected chi connectivity index (χ4v) is 15.9. The monoisotopic (exact) mass is 1340 g/mol. The van der Waals surface area contributed by atoms with E-state index in [1.807, 2.05) is 14.4 Å². The van der Waals surface area contributed by atoms with Crippen LogP contribution in [0.4, 0.5) is 0 Å². The van der Waals surface area contributed by atoms with Crippen molar-refractivity contribution in [2.24, 2.45) is 0 Å². The first-order valence-electron chi connectivity index (χ1n) is 43.1. The average Bonchev–Trinajstić information content (AvgIpc) is 1.61. The molecule has 0 fully saturated rings. The van der Waals surface area contributed by atoms with E-state index in [0.717, 1.165) is 37.1 Å². The number of unbranched alkanes of at least 4 members (excludes halogenated alkanes) is 57. The van der Waals surface area contributed by atoms with Crippen LogP contribution in [0.5, 0.6) is 0 Å². The molecule has 2 aromatic carbocycles. The Morgan fingerprint density at radius 2 is 0.426 bits per heavy atom. The molecule has 3 rings (SSSR count). The Kier molecular flexibility index (Phi) is 65.1. The van der Waals surface area contributed by atoms with Gasteiger partial charge < -0.3 is 5.53 Å². The van der Waals surface area contributed by atoms with E-state index in [1.54, 1.807) is 4.70 Å². The summed E-state index contributed by atoms with van der Waals surface area (Å²) in [6.45, 7) is 13.8. The van der Waals surface area contributed by atoms with Gasteiger partial charge in [0, 0.05) is 22.3 Å². The molecular formula is C91H164N2Ni. The Bertz CT molecular complexity index is 1960. The van der Waals surface area contributed by atoms with Crippen molar-refractivity contribution in [2.45, 2.75) is 483 Å². The number of rotatable bonds is 71. The maximum absolute atomic E-state index is 12.4. The maximum atomic E-state index is 12.4. The summed E-state index contributed by atoms with van der Waals surface area (Å²) in [5, 5.41) is 2.87. The zero-order valence-electron chi connectivity index (χ0n) is 64.6. The van der Waals surface area contributed by atoms with Crippen LogP contribution in [0, 0.1) is 0 Å². The van der Waals surface area contributed by atoms with Gasteiger partial charge >= 0.3 is 166 Å². The minimum Gasteiger partial charge on any atom is -0.0654 e. The van der Waals surface area contributed by atoms with E-state index in [4.69, 9.17) is 0 Å². The van der Waals surface area contributed by atoms with E-state index in [1.165, 1.54) is 449 Å². The topological polar surface area (TPSA) is 25.3 Å². The van der Waals surface area contributed by atoms with Gasteiger partial charge in [-0.25, -0.2) is 4.70 Å². The van der Waals surface area contributed by atoms with Gasteiger partial charge in [-0.2, -0.15) is 0 Å². The van der Waals surface area contributed by atoms with Gasteiger partial charge in [-0.05, 0) is 86.8 Å². The summed E-state index contributed by atoms with van der Waals surface area (Å²) in [4.78, 5) is 0. The van der Waals surface area contributed by atoms with Crippen LogP contribution >= 0.6 is 0 Å². The van der Waals surface area contributed by atoms with Gasteiger partial charge in [0.1, 0.15) is 0 Å².